The van der Waals surface area contributed by atoms with Gasteiger partial charge in [-0.15, -0.1) is 0 Å². The molecule has 0 bridgehead atoms. The Balaban J connectivity index is 1.13. The van der Waals surface area contributed by atoms with Gasteiger partial charge < -0.3 is 19.7 Å². The third-order valence-electron chi connectivity index (χ3n) is 6.11. The first-order chi connectivity index (χ1) is 14.8. The van der Waals surface area contributed by atoms with Gasteiger partial charge in [0, 0.05) is 37.4 Å². The molecule has 1 aliphatic carbocycles. The Bertz CT molecular complexity index is 720. The van der Waals surface area contributed by atoms with Crippen molar-refractivity contribution in [2.24, 2.45) is 5.92 Å². The summed E-state index contributed by atoms with van der Waals surface area (Å²) in [5.41, 5.74) is 0.864. The number of hydrogen-bond donors (Lipinski definition) is 1. The van der Waals surface area contributed by atoms with Crippen LogP contribution in [0.25, 0.3) is 0 Å². The second-order valence-corrected chi connectivity index (χ2v) is 9.87. The van der Waals surface area contributed by atoms with E-state index in [4.69, 9.17) is 9.47 Å². The van der Waals surface area contributed by atoms with Crippen molar-refractivity contribution in [2.45, 2.75) is 69.7 Å². The van der Waals surface area contributed by atoms with E-state index in [2.05, 4.69) is 15.2 Å². The molecule has 1 saturated carbocycles. The molecular weight excluding hydrogens is 431 g/mol. The van der Waals surface area contributed by atoms with Crippen LogP contribution < -0.4 is 10.1 Å². The fourth-order valence-electron chi connectivity index (χ4n) is 4.16. The number of rotatable bonds is 8. The molecule has 0 unspecified atom stereocenters. The highest BCUT2D eigenvalue weighted by Gasteiger charge is 2.30. The van der Waals surface area contributed by atoms with Crippen molar-refractivity contribution in [3.63, 3.8) is 0 Å². The first-order valence-electron chi connectivity index (χ1n) is 11.2. The lowest BCUT2D eigenvalue weighted by Gasteiger charge is -2.31. The number of halogens is 3. The van der Waals surface area contributed by atoms with Crippen molar-refractivity contribution < 1.29 is 27.4 Å². The lowest BCUT2D eigenvalue weighted by Crippen LogP contribution is -2.43. The number of fused-ring (bicyclic) bond motifs is 1. The van der Waals surface area contributed by atoms with Gasteiger partial charge in [-0.3, -0.25) is 4.79 Å². The molecule has 1 aromatic heterocycles. The number of thiazole rings is 1. The first kappa shape index (κ1) is 22.8. The van der Waals surface area contributed by atoms with Crippen LogP contribution in [0.5, 0.6) is 5.19 Å². The minimum absolute atomic E-state index is 0.116. The van der Waals surface area contributed by atoms with Crippen LogP contribution in [0.1, 0.15) is 49.1 Å². The Morgan fingerprint density at radius 1 is 1.23 bits per heavy atom. The topological polar surface area (TPSA) is 63.7 Å². The van der Waals surface area contributed by atoms with E-state index in [0.29, 0.717) is 18.9 Å². The van der Waals surface area contributed by atoms with Gasteiger partial charge >= 0.3 is 6.18 Å². The Hall–Kier alpha value is -1.39. The molecule has 174 valence electrons. The van der Waals surface area contributed by atoms with Crippen LogP contribution in [0.2, 0.25) is 0 Å². The highest BCUT2D eigenvalue weighted by Crippen LogP contribution is 2.32. The molecule has 2 atom stereocenters. The van der Waals surface area contributed by atoms with Crippen LogP contribution in [-0.2, 0) is 22.4 Å². The van der Waals surface area contributed by atoms with Crippen LogP contribution >= 0.6 is 11.3 Å². The van der Waals surface area contributed by atoms with Gasteiger partial charge in [0.1, 0.15) is 0 Å². The van der Waals surface area contributed by atoms with Crippen LogP contribution in [-0.4, -0.2) is 67.0 Å². The maximum Gasteiger partial charge on any atom is 0.422 e. The summed E-state index contributed by atoms with van der Waals surface area (Å²) in [5, 5.41) is 3.22. The second kappa shape index (κ2) is 10.0. The number of carbonyl (C=O) groups excluding carboxylic acids is 1. The number of amides is 1. The van der Waals surface area contributed by atoms with Gasteiger partial charge in [-0.05, 0) is 44.4 Å². The number of hydrogen-bond acceptors (Lipinski definition) is 6. The highest BCUT2D eigenvalue weighted by molar-refractivity contribution is 7.13. The SMILES string of the molecule is O=C(CC1CC1)N[C@H]1CC[C@H](CCN2CCc3nc(OCC(F)(F)F)sc3CC2)OC1. The average molecular weight is 462 g/mol. The Labute approximate surface area is 184 Å². The van der Waals surface area contributed by atoms with Crippen molar-refractivity contribution in [2.75, 3.05) is 32.8 Å². The molecule has 3 aliphatic rings. The van der Waals surface area contributed by atoms with Crippen LogP contribution in [0, 0.1) is 5.92 Å². The fourth-order valence-corrected chi connectivity index (χ4v) is 5.10. The van der Waals surface area contributed by atoms with Crippen LogP contribution in [0.15, 0.2) is 0 Å². The lowest BCUT2D eigenvalue weighted by molar-refractivity contribution is -0.153. The lowest BCUT2D eigenvalue weighted by atomic mass is 10.0. The molecular formula is C21H30F3N3O3S. The van der Waals surface area contributed by atoms with Gasteiger partial charge in [-0.2, -0.15) is 13.2 Å². The summed E-state index contributed by atoms with van der Waals surface area (Å²) in [5.74, 6) is 0.761. The summed E-state index contributed by atoms with van der Waals surface area (Å²) in [6.07, 6.45) is 3.27. The summed E-state index contributed by atoms with van der Waals surface area (Å²) in [4.78, 5) is 19.6. The highest BCUT2D eigenvalue weighted by atomic mass is 32.1. The van der Waals surface area contributed by atoms with E-state index < -0.39 is 12.8 Å². The number of aromatic nitrogens is 1. The Morgan fingerprint density at radius 3 is 2.74 bits per heavy atom. The largest absolute Gasteiger partial charge is 0.460 e. The number of carbonyl (C=O) groups is 1. The molecule has 0 radical (unpaired) electrons. The number of nitrogens with one attached hydrogen (secondary N) is 1. The van der Waals surface area contributed by atoms with Gasteiger partial charge in [0.15, 0.2) is 6.61 Å². The molecule has 1 N–H and O–H groups in total. The molecule has 2 fully saturated rings. The summed E-state index contributed by atoms with van der Waals surface area (Å²) in [6, 6.07) is 0.136. The maximum atomic E-state index is 12.3. The number of alkyl halides is 3. The standard InChI is InChI=1S/C21H30F3N3O3S/c22-21(23,24)13-30-20-26-17-6-9-27(10-7-18(17)31-20)8-5-16-4-3-15(12-29-16)25-19(28)11-14-1-2-14/h14-16H,1-13H2,(H,25,28)/t15-,16+/m0/s1. The number of ether oxygens (including phenoxy) is 2. The summed E-state index contributed by atoms with van der Waals surface area (Å²) in [6.45, 7) is 1.92. The second-order valence-electron chi connectivity index (χ2n) is 8.83. The molecule has 1 saturated heterocycles. The summed E-state index contributed by atoms with van der Waals surface area (Å²) < 4.78 is 47.8. The van der Waals surface area contributed by atoms with Crippen LogP contribution in [0.3, 0.4) is 0 Å². The number of nitrogens with zero attached hydrogens (tertiary/aromatic N) is 2. The molecule has 31 heavy (non-hydrogen) atoms. The normalized spacial score (nSPS) is 25.0. The molecule has 2 aliphatic heterocycles. The van der Waals surface area contributed by atoms with E-state index in [0.717, 1.165) is 62.3 Å². The van der Waals surface area contributed by atoms with E-state index in [-0.39, 0.29) is 23.2 Å². The zero-order valence-electron chi connectivity index (χ0n) is 17.6. The van der Waals surface area contributed by atoms with Crippen molar-refractivity contribution in [1.82, 2.24) is 15.2 Å². The van der Waals surface area contributed by atoms with E-state index in [1.54, 1.807) is 0 Å². The van der Waals surface area contributed by atoms with Crippen molar-refractivity contribution in [3.8, 4) is 5.19 Å². The van der Waals surface area contributed by atoms with E-state index in [1.807, 2.05) is 0 Å². The quantitative estimate of drug-likeness (QED) is 0.644. The zero-order valence-corrected chi connectivity index (χ0v) is 18.4. The van der Waals surface area contributed by atoms with E-state index in [1.165, 1.54) is 24.2 Å². The van der Waals surface area contributed by atoms with Gasteiger partial charge in [0.25, 0.3) is 5.19 Å². The summed E-state index contributed by atoms with van der Waals surface area (Å²) in [7, 11) is 0. The molecule has 6 nitrogen and oxygen atoms in total. The molecule has 0 aromatic carbocycles. The first-order valence-corrected chi connectivity index (χ1v) is 12.0. The predicted molar refractivity (Wildman–Crippen MR) is 110 cm³/mol. The monoisotopic (exact) mass is 461 g/mol. The van der Waals surface area contributed by atoms with Gasteiger partial charge in [0.2, 0.25) is 5.91 Å². The van der Waals surface area contributed by atoms with Crippen LogP contribution in [0.4, 0.5) is 13.2 Å². The van der Waals surface area contributed by atoms with E-state index >= 15 is 0 Å². The molecule has 10 heteroatoms. The molecule has 0 spiro atoms. The zero-order chi connectivity index (χ0) is 21.8. The third kappa shape index (κ3) is 7.32. The molecule has 1 amide bonds. The maximum absolute atomic E-state index is 12.3. The minimum atomic E-state index is -4.34. The Kier molecular flexibility index (Phi) is 7.38. The summed E-state index contributed by atoms with van der Waals surface area (Å²) >= 11 is 1.23. The fraction of sp³-hybridized carbons (Fsp3) is 0.810. The molecule has 4 rings (SSSR count). The predicted octanol–water partition coefficient (Wildman–Crippen LogP) is 3.34. The Morgan fingerprint density at radius 2 is 2.03 bits per heavy atom. The minimum Gasteiger partial charge on any atom is -0.460 e. The average Bonchev–Trinajstić information content (AvgIpc) is 3.47. The van der Waals surface area contributed by atoms with Gasteiger partial charge in [-0.1, -0.05) is 11.3 Å². The van der Waals surface area contributed by atoms with Crippen molar-refractivity contribution >= 4 is 17.2 Å². The molecule has 3 heterocycles. The third-order valence-corrected chi connectivity index (χ3v) is 7.18. The van der Waals surface area contributed by atoms with Gasteiger partial charge in [0.05, 0.1) is 24.4 Å². The van der Waals surface area contributed by atoms with Crippen molar-refractivity contribution in [3.05, 3.63) is 10.6 Å². The molecule has 1 aromatic rings. The smallest absolute Gasteiger partial charge is 0.422 e. The van der Waals surface area contributed by atoms with E-state index in [9.17, 15) is 18.0 Å². The van der Waals surface area contributed by atoms with Gasteiger partial charge in [-0.25, -0.2) is 4.98 Å². The van der Waals surface area contributed by atoms with Crippen molar-refractivity contribution in [1.29, 1.82) is 0 Å².